The fraction of sp³-hybridized carbons (Fsp3) is 0.678. The topological polar surface area (TPSA) is 272 Å². The minimum atomic E-state index is -1.80. The van der Waals surface area contributed by atoms with Gasteiger partial charge < -0.3 is 87.1 Å². The molecule has 4 heterocycles. The molecule has 2 bridgehead atoms. The molecule has 0 amide bonds. The maximum Gasteiger partial charge on any atom is 0.310 e. The van der Waals surface area contributed by atoms with E-state index in [4.69, 9.17) is 61.6 Å². The number of rotatable bonds is 23. The van der Waals surface area contributed by atoms with Gasteiger partial charge in [-0.25, -0.2) is 0 Å². The van der Waals surface area contributed by atoms with Gasteiger partial charge in [0.2, 0.25) is 17.2 Å². The molecule has 85 heavy (non-hydrogen) atoms. The third-order valence-corrected chi connectivity index (χ3v) is 22.3. The number of halogens is 1. The number of thioether (sulfide) groups is 1. The number of aliphatic hydroxyl groups is 5. The average molecular weight is 1380 g/mol. The zero-order chi connectivity index (χ0) is 61.9. The first-order valence-corrected chi connectivity index (χ1v) is 34.0. The Bertz CT molecular complexity index is 2710. The van der Waals surface area contributed by atoms with Crippen LogP contribution in [-0.2, 0) is 57.0 Å². The van der Waals surface area contributed by atoms with Crippen molar-refractivity contribution in [2.75, 3.05) is 60.8 Å². The van der Waals surface area contributed by atoms with E-state index in [1.165, 1.54) is 61.2 Å². The minimum Gasteiger partial charge on any atom is -0.492 e. The maximum absolute atomic E-state index is 14.5. The van der Waals surface area contributed by atoms with Crippen molar-refractivity contribution in [2.24, 2.45) is 11.8 Å². The van der Waals surface area contributed by atoms with Crippen LogP contribution in [0.25, 0.3) is 0 Å². The summed E-state index contributed by atoms with van der Waals surface area (Å²) < 4.78 is 79.8. The van der Waals surface area contributed by atoms with Crippen molar-refractivity contribution in [3.05, 3.63) is 49.6 Å². The summed E-state index contributed by atoms with van der Waals surface area (Å²) in [6.07, 6.45) is -8.04. The summed E-state index contributed by atoms with van der Waals surface area (Å²) in [5.74, 6) is 10.6. The van der Waals surface area contributed by atoms with Crippen molar-refractivity contribution < 1.29 is 101 Å². The third-order valence-electron chi connectivity index (χ3n) is 15.9. The van der Waals surface area contributed by atoms with Gasteiger partial charge in [-0.2, -0.15) is 0 Å². The second-order valence-electron chi connectivity index (χ2n) is 21.3. The van der Waals surface area contributed by atoms with Crippen molar-refractivity contribution in [3.8, 4) is 40.9 Å². The predicted octanol–water partition coefficient (Wildman–Crippen LogP) is 6.02. The van der Waals surface area contributed by atoms with Gasteiger partial charge in [0.15, 0.2) is 36.2 Å². The smallest absolute Gasteiger partial charge is 0.310 e. The quantitative estimate of drug-likeness (QED) is 0.0276. The standard InChI is InChI=1S/C59H79IO21S4/c1-12-18-33-27-74-43(25-40(33)69-6)80-53-48(65)35(30(3)77-58(53)79-39-19-16-14-13-15-17-21-59(68)26-38(62)34(23-41(63)70-7)45(39)36(59)20-22-83-85-82-11)28-75-42-24-37(61)55(32(5)76-42)84-56(67)44-29(2)46(60)51(54(73-10)50(44)71-8)81-57-49(66)52(72-9)47(64)31(4)78-57/h13-14,20,30-33,35,37,39-40,42-43,47-49,52-53,55,57-58,61,64-66,68H,12,18,21-28H2,1-11H3/b14-13-,36-20+/t30?,31?,32?,33?,35?,37?,39-,40?,42?,43?,47?,48?,49?,52?,53?,55?,57?,58?,59-/m0/s1. The van der Waals surface area contributed by atoms with Crippen molar-refractivity contribution in [3.63, 3.8) is 0 Å². The average Bonchev–Trinajstić information content (AvgIpc) is 1.43. The predicted molar refractivity (Wildman–Crippen MR) is 328 cm³/mol. The Morgan fingerprint density at radius 2 is 1.60 bits per heavy atom. The SMILES string of the molecule is CCCC1COC(OC2C(O[C@H]3C#C/C=C\C#CC[C@]4(O)CC(=O)C(CC(=O)OC)=C3/C4=C\CSSSC)OC(C)C(COC3CC(O)C(SC(=O)c4c(C)c(I)c(OC5OC(C)C(O)C(OC)C5O)c(OC)c4OC)C(C)O3)C2O)CC1OC. The molecular weight excluding hydrogens is 1300 g/mol. The van der Waals surface area contributed by atoms with E-state index in [0.29, 0.717) is 33.5 Å². The molecule has 4 fully saturated rings. The van der Waals surface area contributed by atoms with Crippen LogP contribution in [0.2, 0.25) is 0 Å². The summed E-state index contributed by atoms with van der Waals surface area (Å²) in [4.78, 5) is 41.8. The van der Waals surface area contributed by atoms with E-state index in [2.05, 4.69) is 30.6 Å². The fourth-order valence-corrected chi connectivity index (χ4v) is 15.6. The highest BCUT2D eigenvalue weighted by Gasteiger charge is 2.52. The number of carbonyl (C=O) groups is 3. The van der Waals surface area contributed by atoms with Crippen LogP contribution < -0.4 is 14.2 Å². The van der Waals surface area contributed by atoms with Gasteiger partial charge in [-0.3, -0.25) is 14.4 Å². The second kappa shape index (κ2) is 32.4. The molecule has 21 nitrogen and oxygen atoms in total. The van der Waals surface area contributed by atoms with Gasteiger partial charge in [-0.1, -0.05) is 76.5 Å². The van der Waals surface area contributed by atoms with Crippen LogP contribution >= 0.6 is 65.8 Å². The summed E-state index contributed by atoms with van der Waals surface area (Å²) >= 11 is 2.87. The van der Waals surface area contributed by atoms with Crippen molar-refractivity contribution in [1.29, 1.82) is 0 Å². The Morgan fingerprint density at radius 1 is 0.871 bits per heavy atom. The summed E-state index contributed by atoms with van der Waals surface area (Å²) in [7, 11) is 11.5. The Morgan fingerprint density at radius 3 is 2.27 bits per heavy atom. The monoisotopic (exact) mass is 1380 g/mol. The number of esters is 1. The number of allylic oxidation sites excluding steroid dienone is 2. The van der Waals surface area contributed by atoms with Gasteiger partial charge in [0, 0.05) is 68.6 Å². The van der Waals surface area contributed by atoms with Crippen LogP contribution in [0.4, 0.5) is 0 Å². The van der Waals surface area contributed by atoms with Gasteiger partial charge >= 0.3 is 5.97 Å². The third kappa shape index (κ3) is 16.5. The Hall–Kier alpha value is -2.66. The molecule has 4 aliphatic heterocycles. The van der Waals surface area contributed by atoms with Crippen LogP contribution in [0, 0.1) is 46.0 Å². The molecule has 6 aliphatic rings. The van der Waals surface area contributed by atoms with E-state index in [1.54, 1.807) is 51.7 Å². The van der Waals surface area contributed by atoms with Crippen LogP contribution in [-0.4, -0.2) is 206 Å². The highest BCUT2D eigenvalue weighted by atomic mass is 127. The van der Waals surface area contributed by atoms with Gasteiger partial charge in [-0.05, 0) is 96.1 Å². The number of aliphatic hydroxyl groups excluding tert-OH is 4. The number of carbonyl (C=O) groups excluding carboxylic acids is 3. The highest BCUT2D eigenvalue weighted by molar-refractivity contribution is 14.1. The molecule has 0 radical (unpaired) electrons. The Balaban J connectivity index is 1.13. The van der Waals surface area contributed by atoms with E-state index in [1.807, 2.05) is 28.8 Å². The van der Waals surface area contributed by atoms with Crippen molar-refractivity contribution in [2.45, 2.75) is 183 Å². The molecule has 5 N–H and O–H groups in total. The first-order valence-electron chi connectivity index (χ1n) is 28.0. The number of hydrogen-bond acceptors (Lipinski definition) is 25. The van der Waals surface area contributed by atoms with Gasteiger partial charge in [0.05, 0.1) is 92.0 Å². The van der Waals surface area contributed by atoms with Crippen LogP contribution in [0.1, 0.15) is 88.6 Å². The Labute approximate surface area is 526 Å². The zero-order valence-electron chi connectivity index (χ0n) is 49.5. The second-order valence-corrected chi connectivity index (χ2v) is 27.9. The van der Waals surface area contributed by atoms with Crippen LogP contribution in [0.5, 0.6) is 17.2 Å². The molecule has 0 aromatic heterocycles. The fourth-order valence-electron chi connectivity index (χ4n) is 11.4. The lowest BCUT2D eigenvalue weighted by Crippen LogP contribution is -2.59. The lowest BCUT2D eigenvalue weighted by molar-refractivity contribution is -0.339. The number of benzene rings is 1. The molecule has 0 saturated carbocycles. The molecule has 19 atom stereocenters. The van der Waals surface area contributed by atoms with Gasteiger partial charge in [-0.15, -0.1) is 0 Å². The molecule has 1 aromatic rings. The highest BCUT2D eigenvalue weighted by Crippen LogP contribution is 2.50. The first kappa shape index (κ1) is 69.8. The van der Waals surface area contributed by atoms with Gasteiger partial charge in [0.1, 0.15) is 36.1 Å². The lowest BCUT2D eigenvalue weighted by atomic mass is 9.71. The van der Waals surface area contributed by atoms with E-state index in [0.717, 1.165) is 24.6 Å². The lowest BCUT2D eigenvalue weighted by Gasteiger charge is -2.47. The molecule has 472 valence electrons. The van der Waals surface area contributed by atoms with Crippen LogP contribution in [0.3, 0.4) is 0 Å². The van der Waals surface area contributed by atoms with E-state index < -0.39 is 126 Å². The summed E-state index contributed by atoms with van der Waals surface area (Å²) in [5.41, 5.74) is -0.677. The number of Topliss-reactive ketones (excluding diaryl/α,β-unsaturated/α-hetero) is 1. The zero-order valence-corrected chi connectivity index (χ0v) is 54.9. The largest absolute Gasteiger partial charge is 0.492 e. The minimum absolute atomic E-state index is 0.0415. The number of ether oxygens (including phenoxy) is 13. The summed E-state index contributed by atoms with van der Waals surface area (Å²) in [6.45, 7) is 9.01. The van der Waals surface area contributed by atoms with E-state index >= 15 is 0 Å². The molecule has 2 aliphatic carbocycles. The van der Waals surface area contributed by atoms with Crippen molar-refractivity contribution >= 4 is 82.6 Å². The van der Waals surface area contributed by atoms with Crippen molar-refractivity contribution in [1.82, 2.24) is 0 Å². The molecule has 0 spiro atoms. The number of fused-ring (bicyclic) bond motifs is 2. The van der Waals surface area contributed by atoms with Gasteiger partial charge in [0.25, 0.3) is 0 Å². The number of hydrogen-bond donors (Lipinski definition) is 5. The molecule has 7 rings (SSSR count). The van der Waals surface area contributed by atoms with E-state index in [-0.39, 0.29) is 71.8 Å². The number of ketones is 1. The Kier molecular flexibility index (Phi) is 26.6. The molecule has 4 saturated heterocycles. The number of methoxy groups -OCH3 is 5. The van der Waals surface area contributed by atoms with E-state index in [9.17, 15) is 39.9 Å². The maximum atomic E-state index is 14.5. The summed E-state index contributed by atoms with van der Waals surface area (Å²) in [5, 5.41) is 57.3. The molecular formula is C59H79IO21S4. The molecule has 1 aromatic carbocycles. The molecule has 26 heteroatoms. The summed E-state index contributed by atoms with van der Waals surface area (Å²) in [6, 6.07) is 0. The normalized spacial score (nSPS) is 35.8. The first-order chi connectivity index (χ1) is 40.7. The molecule has 17 unspecified atom stereocenters. The van der Waals surface area contributed by atoms with Crippen LogP contribution in [0.15, 0.2) is 34.9 Å².